The molecule has 1 rings (SSSR count). The Morgan fingerprint density at radius 3 is 2.30 bits per heavy atom. The summed E-state index contributed by atoms with van der Waals surface area (Å²) >= 11 is 0. The van der Waals surface area contributed by atoms with E-state index in [0.717, 1.165) is 32.1 Å². The molecule has 0 amide bonds. The first-order chi connectivity index (χ1) is 10.4. The fraction of sp³-hybridized carbons (Fsp3) is 0.895. The highest BCUT2D eigenvalue weighted by atomic mass is 16.6. The molecule has 0 aromatic rings. The van der Waals surface area contributed by atoms with Gasteiger partial charge in [-0.05, 0) is 49.9 Å². The Morgan fingerprint density at radius 1 is 1.22 bits per heavy atom. The Bertz CT molecular complexity index is 416. The summed E-state index contributed by atoms with van der Waals surface area (Å²) in [5, 5.41) is 0. The number of rotatable bonds is 5. The van der Waals surface area contributed by atoms with Crippen LogP contribution in [0.5, 0.6) is 0 Å². The molecule has 1 fully saturated rings. The highest BCUT2D eigenvalue weighted by Crippen LogP contribution is 2.40. The van der Waals surface area contributed by atoms with Crippen molar-refractivity contribution in [3.8, 4) is 0 Å². The molecule has 1 aliphatic rings. The summed E-state index contributed by atoms with van der Waals surface area (Å²) < 4.78 is 11.2. The Hall–Kier alpha value is -1.06. The zero-order valence-corrected chi connectivity index (χ0v) is 15.9. The molecule has 134 valence electrons. The molecular weight excluding hydrogens is 292 g/mol. The van der Waals surface area contributed by atoms with Crippen LogP contribution in [-0.4, -0.2) is 24.1 Å². The fourth-order valence-corrected chi connectivity index (χ4v) is 3.32. The van der Waals surface area contributed by atoms with Crippen LogP contribution in [0.1, 0.15) is 80.6 Å². The Labute approximate surface area is 141 Å². The van der Waals surface area contributed by atoms with Crippen molar-refractivity contribution < 1.29 is 19.1 Å². The molecule has 0 bridgehead atoms. The lowest BCUT2D eigenvalue weighted by Gasteiger charge is -2.42. The molecule has 0 saturated heterocycles. The SMILES string of the molecule is CC(C)(C)CC(C(=O)OC1(C)CCCCC1OC=O)C(C)(C)C. The topological polar surface area (TPSA) is 52.6 Å². The molecule has 0 N–H and O–H groups in total. The van der Waals surface area contributed by atoms with E-state index in [1.165, 1.54) is 0 Å². The number of hydrogen-bond acceptors (Lipinski definition) is 4. The van der Waals surface area contributed by atoms with Crippen molar-refractivity contribution in [1.29, 1.82) is 0 Å². The molecule has 0 aliphatic heterocycles. The third-order valence-corrected chi connectivity index (χ3v) is 4.77. The van der Waals surface area contributed by atoms with E-state index >= 15 is 0 Å². The molecule has 4 heteroatoms. The molecule has 0 aromatic heterocycles. The summed E-state index contributed by atoms with van der Waals surface area (Å²) in [6.07, 6.45) is 3.90. The average Bonchev–Trinajstić information content (AvgIpc) is 2.36. The second-order valence-corrected chi connectivity index (χ2v) is 9.38. The normalized spacial score (nSPS) is 27.2. The molecule has 3 atom stereocenters. The molecular formula is C19H34O4. The molecule has 1 saturated carbocycles. The van der Waals surface area contributed by atoms with Gasteiger partial charge in [0.2, 0.25) is 0 Å². The van der Waals surface area contributed by atoms with Crippen molar-refractivity contribution >= 4 is 12.4 Å². The minimum atomic E-state index is -0.711. The van der Waals surface area contributed by atoms with Gasteiger partial charge in [0.15, 0.2) is 0 Å². The van der Waals surface area contributed by atoms with Crippen LogP contribution in [0.15, 0.2) is 0 Å². The van der Waals surface area contributed by atoms with Crippen molar-refractivity contribution in [1.82, 2.24) is 0 Å². The van der Waals surface area contributed by atoms with Gasteiger partial charge in [0.1, 0.15) is 11.7 Å². The molecule has 0 radical (unpaired) electrons. The van der Waals surface area contributed by atoms with Crippen molar-refractivity contribution in [2.75, 3.05) is 0 Å². The van der Waals surface area contributed by atoms with Gasteiger partial charge < -0.3 is 9.47 Å². The van der Waals surface area contributed by atoms with E-state index < -0.39 is 5.60 Å². The summed E-state index contributed by atoms with van der Waals surface area (Å²) in [4.78, 5) is 23.7. The van der Waals surface area contributed by atoms with Crippen LogP contribution >= 0.6 is 0 Å². The van der Waals surface area contributed by atoms with Gasteiger partial charge in [0.25, 0.3) is 6.47 Å². The maximum absolute atomic E-state index is 12.9. The monoisotopic (exact) mass is 326 g/mol. The zero-order valence-electron chi connectivity index (χ0n) is 15.9. The van der Waals surface area contributed by atoms with Gasteiger partial charge in [-0.3, -0.25) is 9.59 Å². The maximum atomic E-state index is 12.9. The van der Waals surface area contributed by atoms with Crippen LogP contribution in [0.3, 0.4) is 0 Å². The largest absolute Gasteiger partial charge is 0.460 e. The van der Waals surface area contributed by atoms with Gasteiger partial charge in [-0.25, -0.2) is 0 Å². The van der Waals surface area contributed by atoms with E-state index in [0.29, 0.717) is 6.47 Å². The van der Waals surface area contributed by atoms with Crippen LogP contribution in [0.4, 0.5) is 0 Å². The quantitative estimate of drug-likeness (QED) is 0.551. The lowest BCUT2D eigenvalue weighted by Crippen LogP contribution is -2.49. The van der Waals surface area contributed by atoms with Crippen LogP contribution in [0.2, 0.25) is 0 Å². The van der Waals surface area contributed by atoms with E-state index in [-0.39, 0.29) is 28.8 Å². The fourth-order valence-electron chi connectivity index (χ4n) is 3.32. The summed E-state index contributed by atoms with van der Waals surface area (Å²) in [6, 6.07) is 0. The highest BCUT2D eigenvalue weighted by molar-refractivity contribution is 5.74. The Balaban J connectivity index is 2.93. The van der Waals surface area contributed by atoms with Crippen molar-refractivity contribution in [2.24, 2.45) is 16.7 Å². The molecule has 0 heterocycles. The van der Waals surface area contributed by atoms with E-state index in [4.69, 9.17) is 9.47 Å². The minimum absolute atomic E-state index is 0.0448. The van der Waals surface area contributed by atoms with Crippen molar-refractivity contribution in [3.63, 3.8) is 0 Å². The standard InChI is InChI=1S/C19H34O4/c1-17(2,3)12-14(18(4,5)6)16(21)23-19(7)11-9-8-10-15(19)22-13-20/h13-15H,8-12H2,1-7H3. The molecule has 3 unspecified atom stereocenters. The van der Waals surface area contributed by atoms with Gasteiger partial charge in [-0.2, -0.15) is 0 Å². The summed E-state index contributed by atoms with van der Waals surface area (Å²) in [5.74, 6) is -0.352. The predicted octanol–water partition coefficient (Wildman–Crippen LogP) is 4.50. The highest BCUT2D eigenvalue weighted by Gasteiger charge is 2.45. The Morgan fingerprint density at radius 2 is 1.83 bits per heavy atom. The van der Waals surface area contributed by atoms with Gasteiger partial charge >= 0.3 is 5.97 Å². The summed E-state index contributed by atoms with van der Waals surface area (Å²) in [6.45, 7) is 15.0. The zero-order chi connectivity index (χ0) is 17.9. The van der Waals surface area contributed by atoms with E-state index in [2.05, 4.69) is 41.5 Å². The number of hydrogen-bond donors (Lipinski definition) is 0. The van der Waals surface area contributed by atoms with Gasteiger partial charge in [0, 0.05) is 0 Å². The first-order valence-electron chi connectivity index (χ1n) is 8.71. The second kappa shape index (κ2) is 7.23. The lowest BCUT2D eigenvalue weighted by molar-refractivity contribution is -0.192. The van der Waals surface area contributed by atoms with Crippen LogP contribution in [-0.2, 0) is 19.1 Å². The number of esters is 1. The first kappa shape index (κ1) is 20.0. The number of carbonyl (C=O) groups is 2. The first-order valence-corrected chi connectivity index (χ1v) is 8.71. The van der Waals surface area contributed by atoms with Gasteiger partial charge in [0.05, 0.1) is 5.92 Å². The number of ether oxygens (including phenoxy) is 2. The third kappa shape index (κ3) is 5.82. The summed E-state index contributed by atoms with van der Waals surface area (Å²) in [7, 11) is 0. The minimum Gasteiger partial charge on any atom is -0.460 e. The smallest absolute Gasteiger partial charge is 0.310 e. The second-order valence-electron chi connectivity index (χ2n) is 9.38. The molecule has 0 spiro atoms. The van der Waals surface area contributed by atoms with Gasteiger partial charge in [-0.15, -0.1) is 0 Å². The van der Waals surface area contributed by atoms with Crippen LogP contribution < -0.4 is 0 Å². The van der Waals surface area contributed by atoms with Gasteiger partial charge in [-0.1, -0.05) is 41.5 Å². The average molecular weight is 326 g/mol. The van der Waals surface area contributed by atoms with E-state index in [1.807, 2.05) is 6.92 Å². The van der Waals surface area contributed by atoms with Crippen LogP contribution in [0, 0.1) is 16.7 Å². The van der Waals surface area contributed by atoms with Crippen molar-refractivity contribution in [2.45, 2.75) is 92.3 Å². The molecule has 0 aromatic carbocycles. The molecule has 4 nitrogen and oxygen atoms in total. The molecule has 1 aliphatic carbocycles. The molecule has 23 heavy (non-hydrogen) atoms. The predicted molar refractivity (Wildman–Crippen MR) is 90.9 cm³/mol. The van der Waals surface area contributed by atoms with E-state index in [1.54, 1.807) is 0 Å². The lowest BCUT2D eigenvalue weighted by atomic mass is 9.72. The van der Waals surface area contributed by atoms with E-state index in [9.17, 15) is 9.59 Å². The summed E-state index contributed by atoms with van der Waals surface area (Å²) in [5.41, 5.74) is -0.836. The maximum Gasteiger partial charge on any atom is 0.310 e. The number of carbonyl (C=O) groups excluding carboxylic acids is 2. The third-order valence-electron chi connectivity index (χ3n) is 4.77. The van der Waals surface area contributed by atoms with Crippen molar-refractivity contribution in [3.05, 3.63) is 0 Å². The van der Waals surface area contributed by atoms with Crippen LogP contribution in [0.25, 0.3) is 0 Å². The Kier molecular flexibility index (Phi) is 6.28.